The van der Waals surface area contributed by atoms with Crippen molar-refractivity contribution in [2.75, 3.05) is 19.0 Å². The average Bonchev–Trinajstić information content (AvgIpc) is 3.16. The van der Waals surface area contributed by atoms with E-state index in [2.05, 4.69) is 37.3 Å². The van der Waals surface area contributed by atoms with E-state index in [1.54, 1.807) is 10.7 Å². The second-order valence-electron chi connectivity index (χ2n) is 5.28. The SMILES string of the molecule is CN(C)c1ccc(-c2nnc3sc(-c4ccccn4)nn23)cc1. The van der Waals surface area contributed by atoms with Crippen LogP contribution in [0.25, 0.3) is 27.1 Å². The van der Waals surface area contributed by atoms with E-state index in [1.807, 2.05) is 44.4 Å². The van der Waals surface area contributed by atoms with Crippen LogP contribution in [0, 0.1) is 0 Å². The molecule has 0 radical (unpaired) electrons. The van der Waals surface area contributed by atoms with E-state index in [0.717, 1.165) is 32.7 Å². The lowest BCUT2D eigenvalue weighted by molar-refractivity contribution is 0.967. The van der Waals surface area contributed by atoms with Crippen molar-refractivity contribution in [2.24, 2.45) is 0 Å². The summed E-state index contributed by atoms with van der Waals surface area (Å²) in [7, 11) is 4.04. The van der Waals surface area contributed by atoms with Crippen LogP contribution in [0.3, 0.4) is 0 Å². The van der Waals surface area contributed by atoms with Gasteiger partial charge in [0.15, 0.2) is 10.8 Å². The van der Waals surface area contributed by atoms with Crippen LogP contribution in [0.2, 0.25) is 0 Å². The van der Waals surface area contributed by atoms with Crippen molar-refractivity contribution in [3.63, 3.8) is 0 Å². The monoisotopic (exact) mass is 322 g/mol. The summed E-state index contributed by atoms with van der Waals surface area (Å²) in [4.78, 5) is 7.16. The van der Waals surface area contributed by atoms with Crippen LogP contribution in [-0.4, -0.2) is 38.9 Å². The minimum atomic E-state index is 0.740. The van der Waals surface area contributed by atoms with Gasteiger partial charge >= 0.3 is 0 Å². The summed E-state index contributed by atoms with van der Waals surface area (Å²) in [6, 6.07) is 14.0. The predicted octanol–water partition coefficient (Wildman–Crippen LogP) is 2.98. The Morgan fingerprint density at radius 3 is 2.52 bits per heavy atom. The Balaban J connectivity index is 1.77. The third-order valence-electron chi connectivity index (χ3n) is 3.52. The molecule has 0 fully saturated rings. The first kappa shape index (κ1) is 13.8. The molecule has 4 rings (SSSR count). The summed E-state index contributed by atoms with van der Waals surface area (Å²) >= 11 is 1.48. The molecule has 3 heterocycles. The second kappa shape index (κ2) is 5.44. The van der Waals surface area contributed by atoms with Crippen LogP contribution in [0.5, 0.6) is 0 Å². The molecule has 3 aromatic heterocycles. The Hall–Kier alpha value is -2.80. The number of benzene rings is 1. The quantitative estimate of drug-likeness (QED) is 0.580. The van der Waals surface area contributed by atoms with Crippen molar-refractivity contribution >= 4 is 22.0 Å². The highest BCUT2D eigenvalue weighted by Gasteiger charge is 2.14. The van der Waals surface area contributed by atoms with Gasteiger partial charge in [-0.2, -0.15) is 9.61 Å². The predicted molar refractivity (Wildman–Crippen MR) is 91.7 cm³/mol. The number of rotatable bonds is 3. The van der Waals surface area contributed by atoms with Gasteiger partial charge in [-0.15, -0.1) is 10.2 Å². The topological polar surface area (TPSA) is 59.2 Å². The lowest BCUT2D eigenvalue weighted by Gasteiger charge is -2.11. The number of hydrogen-bond donors (Lipinski definition) is 0. The summed E-state index contributed by atoms with van der Waals surface area (Å²) in [6.45, 7) is 0. The zero-order chi connectivity index (χ0) is 15.8. The first-order valence-corrected chi connectivity index (χ1v) is 7.95. The normalized spacial score (nSPS) is 11.0. The number of fused-ring (bicyclic) bond motifs is 1. The second-order valence-corrected chi connectivity index (χ2v) is 6.24. The summed E-state index contributed by atoms with van der Waals surface area (Å²) in [6.07, 6.45) is 1.76. The summed E-state index contributed by atoms with van der Waals surface area (Å²) in [5.41, 5.74) is 2.97. The molecule has 23 heavy (non-hydrogen) atoms. The van der Waals surface area contributed by atoms with Crippen LogP contribution in [0.1, 0.15) is 0 Å². The molecule has 0 saturated heterocycles. The van der Waals surface area contributed by atoms with Gasteiger partial charge in [0, 0.05) is 31.5 Å². The highest BCUT2D eigenvalue weighted by Crippen LogP contribution is 2.27. The van der Waals surface area contributed by atoms with Crippen molar-refractivity contribution < 1.29 is 0 Å². The molecule has 114 valence electrons. The van der Waals surface area contributed by atoms with Gasteiger partial charge in [0.25, 0.3) is 0 Å². The lowest BCUT2D eigenvalue weighted by Crippen LogP contribution is -2.08. The molecule has 1 aromatic carbocycles. The Morgan fingerprint density at radius 2 is 1.83 bits per heavy atom. The van der Waals surface area contributed by atoms with Crippen molar-refractivity contribution in [1.29, 1.82) is 0 Å². The fourth-order valence-corrected chi connectivity index (χ4v) is 3.11. The Morgan fingerprint density at radius 1 is 1.00 bits per heavy atom. The van der Waals surface area contributed by atoms with Gasteiger partial charge in [0.1, 0.15) is 5.69 Å². The van der Waals surface area contributed by atoms with Gasteiger partial charge in [-0.1, -0.05) is 17.4 Å². The van der Waals surface area contributed by atoms with E-state index in [0.29, 0.717) is 0 Å². The molecular weight excluding hydrogens is 308 g/mol. The highest BCUT2D eigenvalue weighted by molar-refractivity contribution is 7.19. The molecule has 0 aliphatic carbocycles. The average molecular weight is 322 g/mol. The van der Waals surface area contributed by atoms with Crippen LogP contribution in [0.15, 0.2) is 48.7 Å². The minimum Gasteiger partial charge on any atom is -0.378 e. The van der Waals surface area contributed by atoms with Gasteiger partial charge < -0.3 is 4.90 Å². The molecule has 6 nitrogen and oxygen atoms in total. The number of aromatic nitrogens is 5. The van der Waals surface area contributed by atoms with E-state index >= 15 is 0 Å². The maximum absolute atomic E-state index is 4.61. The van der Waals surface area contributed by atoms with Crippen LogP contribution >= 0.6 is 11.3 Å². The molecule has 0 saturated carbocycles. The number of hydrogen-bond acceptors (Lipinski definition) is 6. The number of nitrogens with zero attached hydrogens (tertiary/aromatic N) is 6. The van der Waals surface area contributed by atoms with Crippen LogP contribution in [-0.2, 0) is 0 Å². The van der Waals surface area contributed by atoms with E-state index < -0.39 is 0 Å². The first-order chi connectivity index (χ1) is 11.2. The van der Waals surface area contributed by atoms with E-state index in [1.165, 1.54) is 11.3 Å². The summed E-state index contributed by atoms with van der Waals surface area (Å²) in [5.74, 6) is 0.740. The Bertz CT molecular complexity index is 940. The van der Waals surface area contributed by atoms with Gasteiger partial charge in [0.2, 0.25) is 4.96 Å². The zero-order valence-corrected chi connectivity index (χ0v) is 13.5. The largest absolute Gasteiger partial charge is 0.378 e. The maximum Gasteiger partial charge on any atom is 0.235 e. The Kier molecular flexibility index (Phi) is 3.27. The fraction of sp³-hybridized carbons (Fsp3) is 0.125. The van der Waals surface area contributed by atoms with E-state index in [9.17, 15) is 0 Å². The van der Waals surface area contributed by atoms with E-state index in [-0.39, 0.29) is 0 Å². The highest BCUT2D eigenvalue weighted by atomic mass is 32.1. The third kappa shape index (κ3) is 2.44. The van der Waals surface area contributed by atoms with Gasteiger partial charge in [-0.05, 0) is 36.4 Å². The molecule has 0 spiro atoms. The zero-order valence-electron chi connectivity index (χ0n) is 12.7. The summed E-state index contributed by atoms with van der Waals surface area (Å²) in [5, 5.41) is 13.9. The molecule has 0 atom stereocenters. The molecular formula is C16H14N6S. The smallest absolute Gasteiger partial charge is 0.235 e. The molecule has 4 aromatic rings. The van der Waals surface area contributed by atoms with Gasteiger partial charge in [0.05, 0.1) is 0 Å². The molecule has 0 aliphatic heterocycles. The van der Waals surface area contributed by atoms with Crippen molar-refractivity contribution in [3.8, 4) is 22.1 Å². The molecule has 0 bridgehead atoms. The number of anilines is 1. The molecule has 7 heteroatoms. The molecule has 0 amide bonds. The fourth-order valence-electron chi connectivity index (χ4n) is 2.30. The van der Waals surface area contributed by atoms with E-state index in [4.69, 9.17) is 0 Å². The molecule has 0 N–H and O–H groups in total. The Labute approximate surface area is 137 Å². The summed E-state index contributed by atoms with van der Waals surface area (Å²) < 4.78 is 1.78. The maximum atomic E-state index is 4.61. The standard InChI is InChI=1S/C16H14N6S/c1-21(2)12-8-6-11(7-9-12)14-18-19-16-22(14)20-15(23-16)13-5-3-4-10-17-13/h3-10H,1-2H3. The van der Waals surface area contributed by atoms with Gasteiger partial charge in [-0.3, -0.25) is 4.98 Å². The minimum absolute atomic E-state index is 0.740. The van der Waals surface area contributed by atoms with Crippen molar-refractivity contribution in [3.05, 3.63) is 48.7 Å². The molecule has 0 aliphatic rings. The van der Waals surface area contributed by atoms with Crippen molar-refractivity contribution in [2.45, 2.75) is 0 Å². The van der Waals surface area contributed by atoms with Gasteiger partial charge in [-0.25, -0.2) is 0 Å². The third-order valence-corrected chi connectivity index (χ3v) is 4.44. The number of pyridine rings is 1. The molecule has 0 unspecified atom stereocenters. The lowest BCUT2D eigenvalue weighted by atomic mass is 10.2. The van der Waals surface area contributed by atoms with Crippen molar-refractivity contribution in [1.82, 2.24) is 24.8 Å². The van der Waals surface area contributed by atoms with Crippen LogP contribution in [0.4, 0.5) is 5.69 Å². The first-order valence-electron chi connectivity index (χ1n) is 7.14. The van der Waals surface area contributed by atoms with Crippen LogP contribution < -0.4 is 4.90 Å².